The molecule has 0 atom stereocenters. The van der Waals surface area contributed by atoms with Crippen LogP contribution in [0, 0.1) is 19.7 Å². The van der Waals surface area contributed by atoms with Gasteiger partial charge in [-0.15, -0.1) is 0 Å². The lowest BCUT2D eigenvalue weighted by Crippen LogP contribution is -2.11. The van der Waals surface area contributed by atoms with Gasteiger partial charge in [-0.3, -0.25) is 0 Å². The Balaban J connectivity index is 1.30. The number of fused-ring (bicyclic) bond motifs is 10. The smallest absolute Gasteiger partial charge is 0.137 e. The van der Waals surface area contributed by atoms with Crippen molar-refractivity contribution in [2.45, 2.75) is 23.6 Å². The van der Waals surface area contributed by atoms with E-state index in [2.05, 4.69) is 120 Å². The van der Waals surface area contributed by atoms with Gasteiger partial charge in [0.15, 0.2) is 0 Å². The van der Waals surface area contributed by atoms with Crippen molar-refractivity contribution in [2.24, 2.45) is 0 Å². The molecule has 0 fully saturated rings. The predicted octanol–water partition coefficient (Wildman–Crippen LogP) is 12.5. The van der Waals surface area contributed by atoms with E-state index in [0.717, 1.165) is 55.5 Å². The molecule has 7 aromatic carbocycles. The number of hydrogen-bond donors (Lipinski definition) is 0. The summed E-state index contributed by atoms with van der Waals surface area (Å²) in [6.45, 7) is 4.24. The Morgan fingerprint density at radius 3 is 2.21 bits per heavy atom. The first-order valence-corrected chi connectivity index (χ1v) is 16.6. The number of para-hydroxylation sites is 2. The highest BCUT2D eigenvalue weighted by molar-refractivity contribution is 7.99. The van der Waals surface area contributed by atoms with E-state index in [4.69, 9.17) is 4.42 Å². The molecule has 0 saturated carbocycles. The van der Waals surface area contributed by atoms with Crippen LogP contribution in [-0.2, 0) is 0 Å². The zero-order valence-corrected chi connectivity index (χ0v) is 26.5. The van der Waals surface area contributed by atoms with Gasteiger partial charge in [0.1, 0.15) is 17.0 Å². The van der Waals surface area contributed by atoms with Crippen LogP contribution in [0.1, 0.15) is 11.1 Å². The molecule has 0 amide bonds. The Kier molecular flexibility index (Phi) is 5.53. The predicted molar refractivity (Wildman–Crippen MR) is 194 cm³/mol. The van der Waals surface area contributed by atoms with E-state index in [-0.39, 0.29) is 5.82 Å². The van der Waals surface area contributed by atoms with Crippen molar-refractivity contribution in [3.05, 3.63) is 144 Å². The van der Waals surface area contributed by atoms with E-state index in [1.807, 2.05) is 18.2 Å². The Morgan fingerprint density at radius 1 is 0.617 bits per heavy atom. The van der Waals surface area contributed by atoms with Crippen LogP contribution < -0.4 is 4.90 Å². The molecular formula is C42H27FN2OS. The van der Waals surface area contributed by atoms with Crippen LogP contribution in [0.4, 0.5) is 21.5 Å². The summed E-state index contributed by atoms with van der Waals surface area (Å²) in [5, 5.41) is 7.01. The molecular weight excluding hydrogens is 600 g/mol. The van der Waals surface area contributed by atoms with Gasteiger partial charge in [0, 0.05) is 48.1 Å². The summed E-state index contributed by atoms with van der Waals surface area (Å²) in [5.74, 6) is -0.250. The van der Waals surface area contributed by atoms with Crippen LogP contribution in [0.3, 0.4) is 0 Å². The van der Waals surface area contributed by atoms with Crippen LogP contribution in [-0.4, -0.2) is 4.57 Å². The van der Waals surface area contributed by atoms with Gasteiger partial charge in [-0.05, 0) is 103 Å². The summed E-state index contributed by atoms with van der Waals surface area (Å²) in [7, 11) is 0. The highest BCUT2D eigenvalue weighted by Crippen LogP contribution is 2.52. The van der Waals surface area contributed by atoms with E-state index in [1.165, 1.54) is 54.9 Å². The third-order valence-electron chi connectivity index (χ3n) is 9.43. The topological polar surface area (TPSA) is 21.3 Å². The second-order valence-corrected chi connectivity index (χ2v) is 13.6. The van der Waals surface area contributed by atoms with Crippen molar-refractivity contribution >= 4 is 83.3 Å². The lowest BCUT2D eigenvalue weighted by atomic mass is 10.0. The van der Waals surface area contributed by atoms with Crippen molar-refractivity contribution < 1.29 is 8.81 Å². The average Bonchev–Trinajstić information content (AvgIpc) is 3.61. The van der Waals surface area contributed by atoms with Gasteiger partial charge in [0.05, 0.1) is 22.4 Å². The zero-order chi connectivity index (χ0) is 31.4. The largest absolute Gasteiger partial charge is 0.456 e. The third-order valence-corrected chi connectivity index (χ3v) is 10.5. The van der Waals surface area contributed by atoms with Crippen LogP contribution in [0.25, 0.3) is 60.2 Å². The Morgan fingerprint density at radius 2 is 1.38 bits per heavy atom. The molecule has 5 heteroatoms. The summed E-state index contributed by atoms with van der Waals surface area (Å²) in [6.07, 6.45) is 0. The number of rotatable bonds is 3. The molecule has 1 aliphatic rings. The fourth-order valence-corrected chi connectivity index (χ4v) is 8.74. The maximum absolute atomic E-state index is 14.2. The molecule has 1 aliphatic heterocycles. The Bertz CT molecular complexity index is 2740. The number of furan rings is 1. The molecule has 0 spiro atoms. The SMILES string of the molecule is Cc1cc(C)cc(N(c2ccc(F)cc2)c2cccc3cc4c(cc23)-n2c3ccccc3c3c5c(cc(c32)S4)oc2ccccc25)c1. The maximum Gasteiger partial charge on any atom is 0.137 e. The lowest BCUT2D eigenvalue weighted by Gasteiger charge is -2.28. The summed E-state index contributed by atoms with van der Waals surface area (Å²) >= 11 is 1.81. The molecule has 0 saturated heterocycles. The number of hydrogen-bond acceptors (Lipinski definition) is 3. The minimum atomic E-state index is -0.250. The Labute approximate surface area is 274 Å². The van der Waals surface area contributed by atoms with Crippen molar-refractivity contribution in [2.75, 3.05) is 4.90 Å². The number of anilines is 3. The van der Waals surface area contributed by atoms with Gasteiger partial charge < -0.3 is 13.9 Å². The molecule has 0 aliphatic carbocycles. The molecule has 3 heterocycles. The van der Waals surface area contributed by atoms with E-state index in [9.17, 15) is 4.39 Å². The van der Waals surface area contributed by atoms with Crippen LogP contribution in [0.5, 0.6) is 0 Å². The zero-order valence-electron chi connectivity index (χ0n) is 25.7. The monoisotopic (exact) mass is 626 g/mol. The first kappa shape index (κ1) is 26.7. The maximum atomic E-state index is 14.2. The standard InChI is InChI=1S/C42H27FN2OS/c1-24-18-25(2)20-29(19-24)44(28-16-14-27(43)15-17-28)34-12-7-8-26-21-38-35(22-32(26)34)45-33-11-5-3-9-30(33)41-40-31-10-4-6-13-36(31)46-37(40)23-39(47-38)42(41)45/h3-23H,1-2H3. The van der Waals surface area contributed by atoms with Gasteiger partial charge in [-0.1, -0.05) is 66.4 Å². The number of nitrogens with zero attached hydrogens (tertiary/aromatic N) is 2. The summed E-state index contributed by atoms with van der Waals surface area (Å²) in [6, 6.07) is 43.8. The molecule has 0 N–H and O–H groups in total. The van der Waals surface area contributed by atoms with Crippen molar-refractivity contribution in [1.82, 2.24) is 4.57 Å². The molecule has 0 unspecified atom stereocenters. The minimum Gasteiger partial charge on any atom is -0.456 e. The molecule has 0 radical (unpaired) electrons. The summed E-state index contributed by atoms with van der Waals surface area (Å²) in [5.41, 5.74) is 10.7. The van der Waals surface area contributed by atoms with Gasteiger partial charge in [0.2, 0.25) is 0 Å². The van der Waals surface area contributed by atoms with Crippen LogP contribution >= 0.6 is 11.8 Å². The first-order valence-electron chi connectivity index (χ1n) is 15.8. The van der Waals surface area contributed by atoms with E-state index in [1.54, 1.807) is 11.8 Å². The molecule has 0 bridgehead atoms. The summed E-state index contributed by atoms with van der Waals surface area (Å²) in [4.78, 5) is 4.64. The molecule has 47 heavy (non-hydrogen) atoms. The second kappa shape index (κ2) is 9.74. The number of aryl methyl sites for hydroxylation is 2. The summed E-state index contributed by atoms with van der Waals surface area (Å²) < 4.78 is 23.1. The minimum absolute atomic E-state index is 0.250. The van der Waals surface area contributed by atoms with E-state index >= 15 is 0 Å². The van der Waals surface area contributed by atoms with Crippen molar-refractivity contribution in [1.29, 1.82) is 0 Å². The van der Waals surface area contributed by atoms with Crippen molar-refractivity contribution in [3.63, 3.8) is 0 Å². The fourth-order valence-electron chi connectivity index (χ4n) is 7.61. The van der Waals surface area contributed by atoms with Gasteiger partial charge in [-0.2, -0.15) is 0 Å². The quantitative estimate of drug-likeness (QED) is 0.195. The second-order valence-electron chi connectivity index (χ2n) is 12.5. The lowest BCUT2D eigenvalue weighted by molar-refractivity contribution is 0.628. The number of aromatic nitrogens is 1. The van der Waals surface area contributed by atoms with Gasteiger partial charge >= 0.3 is 0 Å². The highest BCUT2D eigenvalue weighted by Gasteiger charge is 2.28. The molecule has 10 rings (SSSR count). The molecule has 224 valence electrons. The molecule has 3 nitrogen and oxygen atoms in total. The first-order chi connectivity index (χ1) is 23.0. The number of benzene rings is 7. The highest BCUT2D eigenvalue weighted by atomic mass is 32.2. The third kappa shape index (κ3) is 3.87. The van der Waals surface area contributed by atoms with Gasteiger partial charge in [0.25, 0.3) is 0 Å². The van der Waals surface area contributed by atoms with Crippen LogP contribution in [0.2, 0.25) is 0 Å². The van der Waals surface area contributed by atoms with E-state index in [0.29, 0.717) is 0 Å². The normalized spacial score (nSPS) is 12.5. The number of halogens is 1. The van der Waals surface area contributed by atoms with Gasteiger partial charge in [-0.25, -0.2) is 4.39 Å². The molecule has 9 aromatic rings. The average molecular weight is 627 g/mol. The molecule has 2 aromatic heterocycles. The fraction of sp³-hybridized carbons (Fsp3) is 0.0476. The van der Waals surface area contributed by atoms with Crippen molar-refractivity contribution in [3.8, 4) is 5.69 Å². The van der Waals surface area contributed by atoms with Crippen LogP contribution in [0.15, 0.2) is 142 Å². The van der Waals surface area contributed by atoms with E-state index < -0.39 is 0 Å². The Hall–Kier alpha value is -5.52.